The van der Waals surface area contributed by atoms with E-state index in [1.807, 2.05) is 0 Å². The van der Waals surface area contributed by atoms with E-state index >= 15 is 0 Å². The minimum atomic E-state index is 0.296. The van der Waals surface area contributed by atoms with Crippen molar-refractivity contribution in [2.75, 3.05) is 0 Å². The highest BCUT2D eigenvalue weighted by atomic mass is 28.1. The molecule has 0 aromatic carbocycles. The predicted octanol–water partition coefficient (Wildman–Crippen LogP) is 2.42. The lowest BCUT2D eigenvalue weighted by Gasteiger charge is -2.20. The standard InChI is InChI=1S/C9H13Si/c1-9(2,3)7-5-4-6-8(7)10/h4-5H,6H2,1-3H3. The summed E-state index contributed by atoms with van der Waals surface area (Å²) in [6, 6.07) is 0. The molecule has 0 saturated carbocycles. The summed E-state index contributed by atoms with van der Waals surface area (Å²) >= 11 is 0. The van der Waals surface area contributed by atoms with E-state index in [2.05, 4.69) is 43.2 Å². The average molecular weight is 149 g/mol. The van der Waals surface area contributed by atoms with Gasteiger partial charge in [-0.15, -0.1) is 0 Å². The third-order valence-corrected chi connectivity index (χ3v) is 2.21. The van der Waals surface area contributed by atoms with Crippen molar-refractivity contribution in [2.24, 2.45) is 5.41 Å². The van der Waals surface area contributed by atoms with Crippen molar-refractivity contribution in [1.82, 2.24) is 0 Å². The Morgan fingerprint density at radius 1 is 1.40 bits per heavy atom. The van der Waals surface area contributed by atoms with Crippen LogP contribution in [0.5, 0.6) is 0 Å². The predicted molar refractivity (Wildman–Crippen MR) is 46.0 cm³/mol. The van der Waals surface area contributed by atoms with Gasteiger partial charge in [-0.2, -0.15) is 0 Å². The quantitative estimate of drug-likeness (QED) is 0.464. The minimum Gasteiger partial charge on any atom is -0.0811 e. The van der Waals surface area contributed by atoms with Crippen LogP contribution >= 0.6 is 0 Å². The molecule has 0 nitrogen and oxygen atoms in total. The zero-order chi connectivity index (χ0) is 7.78. The molecule has 3 radical (unpaired) electrons. The number of hydrogen-bond donors (Lipinski definition) is 0. The molecule has 0 aliphatic heterocycles. The van der Waals surface area contributed by atoms with Crippen LogP contribution < -0.4 is 0 Å². The first-order valence-corrected chi connectivity index (χ1v) is 4.13. The van der Waals surface area contributed by atoms with E-state index in [0.717, 1.165) is 6.42 Å². The Morgan fingerprint density at radius 2 is 2.00 bits per heavy atom. The van der Waals surface area contributed by atoms with Crippen molar-refractivity contribution in [2.45, 2.75) is 27.2 Å². The minimum absolute atomic E-state index is 0.296. The summed E-state index contributed by atoms with van der Waals surface area (Å²) in [5, 5.41) is 1.34. The zero-order valence-corrected chi connectivity index (χ0v) is 7.86. The third kappa shape index (κ3) is 1.40. The van der Waals surface area contributed by atoms with Crippen LogP contribution in [-0.4, -0.2) is 10.2 Å². The van der Waals surface area contributed by atoms with E-state index in [1.165, 1.54) is 10.8 Å². The highest BCUT2D eigenvalue weighted by Gasteiger charge is 2.18. The second-order valence-corrected chi connectivity index (χ2v) is 4.35. The van der Waals surface area contributed by atoms with Crippen LogP contribution in [0.4, 0.5) is 0 Å². The van der Waals surface area contributed by atoms with Gasteiger partial charge in [0.1, 0.15) is 0 Å². The van der Waals surface area contributed by atoms with Gasteiger partial charge in [-0.05, 0) is 17.4 Å². The fraction of sp³-hybridized carbons (Fsp3) is 0.556. The van der Waals surface area contributed by atoms with E-state index in [-0.39, 0.29) is 0 Å². The molecule has 0 unspecified atom stereocenters. The summed E-state index contributed by atoms with van der Waals surface area (Å²) in [7, 11) is 3.61. The zero-order valence-electron chi connectivity index (χ0n) is 6.86. The smallest absolute Gasteiger partial charge is 0.0659 e. The molecule has 1 aliphatic rings. The van der Waals surface area contributed by atoms with Gasteiger partial charge in [0.15, 0.2) is 0 Å². The fourth-order valence-corrected chi connectivity index (χ4v) is 1.78. The third-order valence-electron chi connectivity index (χ3n) is 1.74. The Morgan fingerprint density at radius 3 is 2.20 bits per heavy atom. The van der Waals surface area contributed by atoms with Crippen LogP contribution in [0.3, 0.4) is 0 Å². The maximum Gasteiger partial charge on any atom is 0.0659 e. The lowest BCUT2D eigenvalue weighted by molar-refractivity contribution is 0.516. The molecule has 1 aliphatic carbocycles. The molecule has 0 fully saturated rings. The normalized spacial score (nSPS) is 18.8. The van der Waals surface area contributed by atoms with Gasteiger partial charge in [0.25, 0.3) is 0 Å². The maximum atomic E-state index is 3.61. The molecule has 0 N–H and O–H groups in total. The lowest BCUT2D eigenvalue weighted by atomic mass is 9.87. The van der Waals surface area contributed by atoms with Gasteiger partial charge in [0, 0.05) is 0 Å². The molecule has 0 heterocycles. The van der Waals surface area contributed by atoms with Crippen LogP contribution in [0.2, 0.25) is 0 Å². The van der Waals surface area contributed by atoms with Crippen molar-refractivity contribution in [3.05, 3.63) is 22.9 Å². The van der Waals surface area contributed by atoms with Crippen LogP contribution in [-0.2, 0) is 0 Å². The summed E-state index contributed by atoms with van der Waals surface area (Å²) in [5.74, 6) is 0. The van der Waals surface area contributed by atoms with Crippen LogP contribution in [0, 0.1) is 5.41 Å². The molecule has 0 amide bonds. The van der Waals surface area contributed by atoms with E-state index in [9.17, 15) is 0 Å². The molecule has 0 atom stereocenters. The Labute approximate surface area is 66.4 Å². The van der Waals surface area contributed by atoms with Crippen molar-refractivity contribution >= 4 is 10.2 Å². The Bertz CT molecular complexity index is 191. The van der Waals surface area contributed by atoms with Crippen molar-refractivity contribution < 1.29 is 0 Å². The Kier molecular flexibility index (Phi) is 1.86. The van der Waals surface area contributed by atoms with Gasteiger partial charge in [-0.1, -0.05) is 38.1 Å². The lowest BCUT2D eigenvalue weighted by Crippen LogP contribution is -2.08. The summed E-state index contributed by atoms with van der Waals surface area (Å²) < 4.78 is 0. The number of hydrogen-bond acceptors (Lipinski definition) is 0. The molecule has 0 aromatic rings. The molecule has 1 rings (SSSR count). The molecule has 0 spiro atoms. The van der Waals surface area contributed by atoms with Crippen LogP contribution in [0.25, 0.3) is 0 Å². The second kappa shape index (κ2) is 2.39. The second-order valence-electron chi connectivity index (χ2n) is 3.75. The number of rotatable bonds is 0. The van der Waals surface area contributed by atoms with E-state index in [4.69, 9.17) is 0 Å². The summed E-state index contributed by atoms with van der Waals surface area (Å²) in [6.07, 6.45) is 5.48. The topological polar surface area (TPSA) is 0 Å². The SMILES string of the molecule is CC(C)(C)C1=C([Si])CC=C1. The van der Waals surface area contributed by atoms with E-state index in [1.54, 1.807) is 0 Å². The highest BCUT2D eigenvalue weighted by molar-refractivity contribution is 6.22. The van der Waals surface area contributed by atoms with Gasteiger partial charge < -0.3 is 0 Å². The largest absolute Gasteiger partial charge is 0.0811 e. The molecular weight excluding hydrogens is 136 g/mol. The van der Waals surface area contributed by atoms with Crippen molar-refractivity contribution in [3.8, 4) is 0 Å². The van der Waals surface area contributed by atoms with Crippen LogP contribution in [0.15, 0.2) is 22.9 Å². The van der Waals surface area contributed by atoms with Gasteiger partial charge in [0.2, 0.25) is 0 Å². The Hall–Kier alpha value is -0.303. The first-order valence-electron chi connectivity index (χ1n) is 3.63. The van der Waals surface area contributed by atoms with Gasteiger partial charge in [0.05, 0.1) is 10.2 Å². The molecule has 0 bridgehead atoms. The molecule has 1 heteroatoms. The van der Waals surface area contributed by atoms with Crippen LogP contribution in [0.1, 0.15) is 27.2 Å². The molecule has 10 heavy (non-hydrogen) atoms. The van der Waals surface area contributed by atoms with Gasteiger partial charge in [-0.3, -0.25) is 0 Å². The molecule has 53 valence electrons. The first kappa shape index (κ1) is 7.80. The fourth-order valence-electron chi connectivity index (χ4n) is 1.21. The monoisotopic (exact) mass is 149 g/mol. The van der Waals surface area contributed by atoms with Gasteiger partial charge in [-0.25, -0.2) is 0 Å². The molecule has 0 saturated heterocycles. The first-order chi connectivity index (χ1) is 4.52. The van der Waals surface area contributed by atoms with Gasteiger partial charge >= 0.3 is 0 Å². The Balaban J connectivity index is 2.91. The van der Waals surface area contributed by atoms with E-state index < -0.39 is 0 Å². The maximum absolute atomic E-state index is 3.61. The highest BCUT2D eigenvalue weighted by Crippen LogP contribution is 2.32. The van der Waals surface area contributed by atoms with Crippen molar-refractivity contribution in [3.63, 3.8) is 0 Å². The summed E-state index contributed by atoms with van der Waals surface area (Å²) in [5.41, 5.74) is 1.73. The molecular formula is C9H13Si. The summed E-state index contributed by atoms with van der Waals surface area (Å²) in [4.78, 5) is 0. The average Bonchev–Trinajstić information content (AvgIpc) is 2.11. The number of allylic oxidation sites excluding steroid dienone is 4. The van der Waals surface area contributed by atoms with Crippen molar-refractivity contribution in [1.29, 1.82) is 0 Å². The molecule has 0 aromatic heterocycles. The van der Waals surface area contributed by atoms with E-state index in [0.29, 0.717) is 5.41 Å². The summed E-state index contributed by atoms with van der Waals surface area (Å²) in [6.45, 7) is 6.70.